The van der Waals surface area contributed by atoms with Crippen LogP contribution in [0.2, 0.25) is 5.02 Å². The van der Waals surface area contributed by atoms with Crippen LogP contribution in [-0.4, -0.2) is 13.6 Å². The van der Waals surface area contributed by atoms with Gasteiger partial charge in [-0.2, -0.15) is 0 Å². The summed E-state index contributed by atoms with van der Waals surface area (Å²) in [6, 6.07) is 7.55. The van der Waals surface area contributed by atoms with Gasteiger partial charge in [0.25, 0.3) is 0 Å². The summed E-state index contributed by atoms with van der Waals surface area (Å²) < 4.78 is 0. The SMILES string of the molecule is CCCCN(C)c1ccc(-c2c(Cl)c(=O)c2=O)cc1. The van der Waals surface area contributed by atoms with Crippen LogP contribution in [0, 0.1) is 0 Å². The van der Waals surface area contributed by atoms with E-state index in [0.717, 1.165) is 25.1 Å². The molecule has 0 spiro atoms. The largest absolute Gasteiger partial charge is 0.375 e. The van der Waals surface area contributed by atoms with Crippen molar-refractivity contribution in [3.8, 4) is 11.1 Å². The molecule has 100 valence electrons. The molecule has 0 fully saturated rings. The zero-order valence-electron chi connectivity index (χ0n) is 11.1. The molecule has 0 aromatic heterocycles. The maximum absolute atomic E-state index is 11.4. The minimum atomic E-state index is -0.583. The van der Waals surface area contributed by atoms with Crippen LogP contribution >= 0.6 is 11.6 Å². The first-order valence-corrected chi connectivity index (χ1v) is 6.74. The number of hydrogen-bond donors (Lipinski definition) is 0. The summed E-state index contributed by atoms with van der Waals surface area (Å²) in [6.07, 6.45) is 2.30. The molecule has 0 atom stereocenters. The minimum Gasteiger partial charge on any atom is -0.375 e. The molecular formula is C15H16ClNO2. The van der Waals surface area contributed by atoms with Crippen molar-refractivity contribution < 1.29 is 0 Å². The molecule has 0 aliphatic heterocycles. The van der Waals surface area contributed by atoms with Crippen molar-refractivity contribution in [3.63, 3.8) is 0 Å². The second-order valence-corrected chi connectivity index (χ2v) is 5.05. The lowest BCUT2D eigenvalue weighted by atomic mass is 10.0. The fraction of sp³-hybridized carbons (Fsp3) is 0.333. The Bertz CT molecular complexity index is 639. The van der Waals surface area contributed by atoms with E-state index in [-0.39, 0.29) is 5.02 Å². The number of rotatable bonds is 5. The summed E-state index contributed by atoms with van der Waals surface area (Å²) >= 11 is 5.76. The molecule has 0 aliphatic carbocycles. The van der Waals surface area contributed by atoms with Crippen LogP contribution in [0.25, 0.3) is 11.1 Å². The van der Waals surface area contributed by atoms with Crippen LogP contribution in [0.5, 0.6) is 0 Å². The molecule has 0 N–H and O–H groups in total. The van der Waals surface area contributed by atoms with Gasteiger partial charge in [0.05, 0.1) is 5.56 Å². The lowest BCUT2D eigenvalue weighted by Crippen LogP contribution is -2.33. The maximum Gasteiger partial charge on any atom is 0.245 e. The van der Waals surface area contributed by atoms with Gasteiger partial charge in [-0.25, -0.2) is 0 Å². The van der Waals surface area contributed by atoms with Crippen molar-refractivity contribution in [1.82, 2.24) is 0 Å². The van der Waals surface area contributed by atoms with Crippen molar-refractivity contribution >= 4 is 17.3 Å². The van der Waals surface area contributed by atoms with Crippen molar-refractivity contribution in [3.05, 3.63) is 49.7 Å². The van der Waals surface area contributed by atoms with Crippen LogP contribution < -0.4 is 15.8 Å². The topological polar surface area (TPSA) is 37.4 Å². The lowest BCUT2D eigenvalue weighted by molar-refractivity contribution is 0.767. The van der Waals surface area contributed by atoms with E-state index in [9.17, 15) is 9.59 Å². The van der Waals surface area contributed by atoms with Crippen LogP contribution in [0.3, 0.4) is 0 Å². The normalized spacial score (nSPS) is 10.9. The predicted octanol–water partition coefficient (Wildman–Crippen LogP) is 2.84. The molecule has 0 saturated carbocycles. The van der Waals surface area contributed by atoms with Gasteiger partial charge in [0.15, 0.2) is 0 Å². The highest BCUT2D eigenvalue weighted by molar-refractivity contribution is 6.34. The smallest absolute Gasteiger partial charge is 0.245 e. The third kappa shape index (κ3) is 2.56. The summed E-state index contributed by atoms with van der Waals surface area (Å²) in [4.78, 5) is 24.7. The van der Waals surface area contributed by atoms with Crippen LogP contribution in [0.4, 0.5) is 5.69 Å². The second-order valence-electron chi connectivity index (χ2n) is 4.67. The molecular weight excluding hydrogens is 262 g/mol. The van der Waals surface area contributed by atoms with E-state index in [0.29, 0.717) is 11.1 Å². The molecule has 2 rings (SSSR count). The van der Waals surface area contributed by atoms with E-state index in [2.05, 4.69) is 11.8 Å². The van der Waals surface area contributed by atoms with E-state index < -0.39 is 10.9 Å². The Hall–Kier alpha value is -1.61. The highest BCUT2D eigenvalue weighted by Crippen LogP contribution is 2.25. The summed E-state index contributed by atoms with van der Waals surface area (Å²) in [6.45, 7) is 3.15. The highest BCUT2D eigenvalue weighted by atomic mass is 35.5. The number of anilines is 1. The maximum atomic E-state index is 11.4. The second kappa shape index (κ2) is 5.57. The van der Waals surface area contributed by atoms with Crippen LogP contribution in [0.1, 0.15) is 19.8 Å². The van der Waals surface area contributed by atoms with Gasteiger partial charge in [-0.15, -0.1) is 0 Å². The van der Waals surface area contributed by atoms with Gasteiger partial charge in [0, 0.05) is 19.3 Å². The molecule has 3 nitrogen and oxygen atoms in total. The average molecular weight is 278 g/mol. The number of nitrogens with zero attached hydrogens (tertiary/aromatic N) is 1. The Labute approximate surface area is 117 Å². The van der Waals surface area contributed by atoms with E-state index in [1.54, 1.807) is 0 Å². The molecule has 0 aliphatic rings. The zero-order valence-corrected chi connectivity index (χ0v) is 11.8. The molecule has 0 radical (unpaired) electrons. The van der Waals surface area contributed by atoms with Crippen molar-refractivity contribution in [1.29, 1.82) is 0 Å². The Kier molecular flexibility index (Phi) is 4.05. The molecule has 4 heteroatoms. The van der Waals surface area contributed by atoms with Crippen molar-refractivity contribution in [2.45, 2.75) is 19.8 Å². The third-order valence-electron chi connectivity index (χ3n) is 3.30. The molecule has 0 heterocycles. The molecule has 2 aromatic carbocycles. The van der Waals surface area contributed by atoms with Crippen LogP contribution in [0.15, 0.2) is 33.9 Å². The monoisotopic (exact) mass is 277 g/mol. The van der Waals surface area contributed by atoms with E-state index in [1.807, 2.05) is 31.3 Å². The quantitative estimate of drug-likeness (QED) is 0.789. The standard InChI is InChI=1S/C15H16ClNO2/c1-3-4-9-17(2)11-7-5-10(6-8-11)12-13(16)15(19)14(12)18/h5-8H,3-4,9H2,1-2H3. The van der Waals surface area contributed by atoms with Crippen molar-refractivity contribution in [2.75, 3.05) is 18.5 Å². The minimum absolute atomic E-state index is 0.0529. The Morgan fingerprint density at radius 3 is 2.26 bits per heavy atom. The van der Waals surface area contributed by atoms with Gasteiger partial charge in [0.2, 0.25) is 10.9 Å². The Morgan fingerprint density at radius 1 is 1.11 bits per heavy atom. The van der Waals surface area contributed by atoms with Gasteiger partial charge in [-0.3, -0.25) is 9.59 Å². The van der Waals surface area contributed by atoms with Crippen LogP contribution in [-0.2, 0) is 0 Å². The number of benzene rings is 1. The fourth-order valence-corrected chi connectivity index (χ4v) is 2.31. The number of unbranched alkanes of at least 4 members (excludes halogenated alkanes) is 1. The summed E-state index contributed by atoms with van der Waals surface area (Å²) in [5, 5.41) is 0.0529. The average Bonchev–Trinajstić information content (AvgIpc) is 2.45. The van der Waals surface area contributed by atoms with E-state index >= 15 is 0 Å². The summed E-state index contributed by atoms with van der Waals surface area (Å²) in [7, 11) is 2.04. The lowest BCUT2D eigenvalue weighted by Gasteiger charge is -2.19. The van der Waals surface area contributed by atoms with Gasteiger partial charge >= 0.3 is 0 Å². The fourth-order valence-electron chi connectivity index (χ4n) is 2.03. The first-order chi connectivity index (χ1) is 9.06. The first kappa shape index (κ1) is 13.8. The molecule has 0 bridgehead atoms. The third-order valence-corrected chi connectivity index (χ3v) is 3.66. The van der Waals surface area contributed by atoms with Gasteiger partial charge in [-0.05, 0) is 24.1 Å². The molecule has 0 amide bonds. The molecule has 19 heavy (non-hydrogen) atoms. The van der Waals surface area contributed by atoms with Gasteiger partial charge in [-0.1, -0.05) is 37.1 Å². The van der Waals surface area contributed by atoms with Gasteiger partial charge in [0.1, 0.15) is 5.02 Å². The molecule has 0 saturated heterocycles. The zero-order chi connectivity index (χ0) is 14.0. The summed E-state index contributed by atoms with van der Waals surface area (Å²) in [5.41, 5.74) is 1.07. The van der Waals surface area contributed by atoms with Gasteiger partial charge < -0.3 is 4.90 Å². The molecule has 0 unspecified atom stereocenters. The van der Waals surface area contributed by atoms with E-state index in [4.69, 9.17) is 11.6 Å². The number of halogens is 1. The van der Waals surface area contributed by atoms with E-state index in [1.165, 1.54) is 0 Å². The predicted molar refractivity (Wildman–Crippen MR) is 80.0 cm³/mol. The summed E-state index contributed by atoms with van der Waals surface area (Å²) in [5.74, 6) is 0. The Morgan fingerprint density at radius 2 is 1.74 bits per heavy atom. The molecule has 2 aromatic rings. The first-order valence-electron chi connectivity index (χ1n) is 6.36. The van der Waals surface area contributed by atoms with Crippen molar-refractivity contribution in [2.24, 2.45) is 0 Å². The Balaban J connectivity index is 2.20. The number of hydrogen-bond acceptors (Lipinski definition) is 3. The highest BCUT2D eigenvalue weighted by Gasteiger charge is 2.20.